The maximum Gasteiger partial charge on any atom is 0.261 e. The van der Waals surface area contributed by atoms with Crippen molar-refractivity contribution in [3.8, 4) is 0 Å². The summed E-state index contributed by atoms with van der Waals surface area (Å²) >= 11 is 1.31. The van der Waals surface area contributed by atoms with Crippen LogP contribution >= 0.6 is 11.3 Å². The number of nitrogens with zero attached hydrogens (tertiary/aromatic N) is 1. The number of unbranched alkanes of at least 4 members (excludes halogenated alkanes) is 1. The molecular formula is C22H25FN2O2S. The lowest BCUT2D eigenvalue weighted by Gasteiger charge is -2.19. The van der Waals surface area contributed by atoms with Crippen LogP contribution in [0.25, 0.3) is 10.1 Å². The number of amides is 1. The molecule has 2 aromatic carbocycles. The summed E-state index contributed by atoms with van der Waals surface area (Å²) in [5.41, 5.74) is 1.81. The van der Waals surface area contributed by atoms with Crippen molar-refractivity contribution in [2.24, 2.45) is 0 Å². The largest absolute Gasteiger partial charge is 0.380 e. The van der Waals surface area contributed by atoms with Crippen molar-refractivity contribution in [2.75, 3.05) is 32.1 Å². The van der Waals surface area contributed by atoms with E-state index in [0.29, 0.717) is 22.4 Å². The Hall–Kier alpha value is -2.44. The summed E-state index contributed by atoms with van der Waals surface area (Å²) in [6.45, 7) is 1.72. The number of para-hydroxylation sites is 1. The Morgan fingerprint density at radius 1 is 1.14 bits per heavy atom. The molecule has 148 valence electrons. The van der Waals surface area contributed by atoms with E-state index in [1.54, 1.807) is 13.2 Å². The minimum absolute atomic E-state index is 0.163. The van der Waals surface area contributed by atoms with Crippen LogP contribution < -0.4 is 10.2 Å². The zero-order valence-electron chi connectivity index (χ0n) is 16.2. The lowest BCUT2D eigenvalue weighted by Crippen LogP contribution is -2.26. The zero-order valence-corrected chi connectivity index (χ0v) is 17.0. The van der Waals surface area contributed by atoms with E-state index in [1.807, 2.05) is 24.3 Å². The van der Waals surface area contributed by atoms with Crippen LogP contribution in [0.3, 0.4) is 0 Å². The Balaban J connectivity index is 1.55. The number of hydrogen-bond acceptors (Lipinski definition) is 4. The number of halogens is 1. The van der Waals surface area contributed by atoms with Crippen LogP contribution in [0.2, 0.25) is 0 Å². The molecule has 0 spiro atoms. The van der Waals surface area contributed by atoms with Gasteiger partial charge in [0.15, 0.2) is 0 Å². The van der Waals surface area contributed by atoms with Crippen molar-refractivity contribution in [2.45, 2.75) is 19.4 Å². The van der Waals surface area contributed by atoms with Crippen molar-refractivity contribution in [1.82, 2.24) is 5.32 Å². The number of rotatable bonds is 9. The van der Waals surface area contributed by atoms with Gasteiger partial charge in [-0.1, -0.05) is 24.3 Å². The predicted molar refractivity (Wildman–Crippen MR) is 114 cm³/mol. The van der Waals surface area contributed by atoms with Gasteiger partial charge in [0.05, 0.1) is 11.5 Å². The highest BCUT2D eigenvalue weighted by atomic mass is 32.1. The van der Waals surface area contributed by atoms with Gasteiger partial charge in [0.25, 0.3) is 5.91 Å². The molecule has 0 radical (unpaired) electrons. The maximum absolute atomic E-state index is 14.2. The van der Waals surface area contributed by atoms with E-state index in [0.717, 1.165) is 24.1 Å². The molecular weight excluding hydrogens is 375 g/mol. The van der Waals surface area contributed by atoms with E-state index < -0.39 is 0 Å². The van der Waals surface area contributed by atoms with Crippen LogP contribution in [-0.2, 0) is 11.3 Å². The maximum atomic E-state index is 14.2. The topological polar surface area (TPSA) is 41.6 Å². The summed E-state index contributed by atoms with van der Waals surface area (Å²) in [7, 11) is 3.62. The Bertz CT molecular complexity index is 927. The van der Waals surface area contributed by atoms with E-state index in [4.69, 9.17) is 4.74 Å². The van der Waals surface area contributed by atoms with E-state index in [9.17, 15) is 9.18 Å². The molecule has 1 heterocycles. The molecule has 6 heteroatoms. The molecule has 0 aliphatic rings. The average molecular weight is 401 g/mol. The smallest absolute Gasteiger partial charge is 0.261 e. The van der Waals surface area contributed by atoms with Gasteiger partial charge in [-0.15, -0.1) is 11.3 Å². The van der Waals surface area contributed by atoms with Crippen molar-refractivity contribution in [3.63, 3.8) is 0 Å². The lowest BCUT2D eigenvalue weighted by atomic mass is 10.1. The number of fused-ring (bicyclic) bond motifs is 1. The summed E-state index contributed by atoms with van der Waals surface area (Å²) in [5, 5.41) is 3.46. The first kappa shape index (κ1) is 20.3. The summed E-state index contributed by atoms with van der Waals surface area (Å²) < 4.78 is 20.2. The summed E-state index contributed by atoms with van der Waals surface area (Å²) in [4.78, 5) is 15.4. The van der Waals surface area contributed by atoms with Crippen LogP contribution in [-0.4, -0.2) is 33.2 Å². The van der Waals surface area contributed by atoms with Crippen LogP contribution in [0.4, 0.5) is 10.1 Å². The number of hydrogen-bond donors (Lipinski definition) is 1. The summed E-state index contributed by atoms with van der Waals surface area (Å²) in [5.74, 6) is -0.479. The van der Waals surface area contributed by atoms with E-state index >= 15 is 0 Å². The summed E-state index contributed by atoms with van der Waals surface area (Å²) in [6, 6.07) is 15.1. The van der Waals surface area contributed by atoms with Crippen LogP contribution in [0.5, 0.6) is 0 Å². The van der Waals surface area contributed by atoms with Gasteiger partial charge >= 0.3 is 0 Å². The zero-order chi connectivity index (χ0) is 19.9. The number of carbonyl (C=O) groups excluding carboxylic acids is 1. The molecule has 0 saturated carbocycles. The van der Waals surface area contributed by atoms with Crippen LogP contribution in [0, 0.1) is 5.82 Å². The van der Waals surface area contributed by atoms with Gasteiger partial charge in [-0.2, -0.15) is 0 Å². The molecule has 0 unspecified atom stereocenters. The van der Waals surface area contributed by atoms with Crippen molar-refractivity contribution < 1.29 is 13.9 Å². The van der Waals surface area contributed by atoms with Crippen LogP contribution in [0.15, 0.2) is 48.5 Å². The van der Waals surface area contributed by atoms with Gasteiger partial charge in [-0.3, -0.25) is 4.79 Å². The monoisotopic (exact) mass is 400 g/mol. The fraction of sp³-hybridized carbons (Fsp3) is 0.318. The highest BCUT2D eigenvalue weighted by Gasteiger charge is 2.20. The number of benzene rings is 2. The molecule has 3 aromatic rings. The molecule has 4 nitrogen and oxygen atoms in total. The van der Waals surface area contributed by atoms with E-state index in [2.05, 4.69) is 29.4 Å². The SMILES string of the molecule is COCc1c(C(=O)NCCCCN(C)c2ccccc2)sc2cccc(F)c12. The molecule has 1 aromatic heterocycles. The van der Waals surface area contributed by atoms with Crippen molar-refractivity contribution >= 4 is 33.0 Å². The molecule has 3 rings (SSSR count). The van der Waals surface area contributed by atoms with Gasteiger partial charge in [0.2, 0.25) is 0 Å². The van der Waals surface area contributed by atoms with Gasteiger partial charge < -0.3 is 15.0 Å². The first-order chi connectivity index (χ1) is 13.6. The second-order valence-corrected chi connectivity index (χ2v) is 7.73. The first-order valence-electron chi connectivity index (χ1n) is 9.35. The third-order valence-corrected chi connectivity index (χ3v) is 5.86. The Labute approximate surface area is 168 Å². The molecule has 0 aliphatic heterocycles. The third kappa shape index (κ3) is 4.69. The Kier molecular flexibility index (Phi) is 7.01. The number of thiophene rings is 1. The standard InChI is InChI=1S/C22H25FN2O2S/c1-25(16-9-4-3-5-10-16)14-7-6-13-24-22(26)21-17(15-27-2)20-18(23)11-8-12-19(20)28-21/h3-5,8-12H,6-7,13-15H2,1-2H3,(H,24,26). The van der Waals surface area contributed by atoms with Gasteiger partial charge in [0, 0.05) is 48.6 Å². The second-order valence-electron chi connectivity index (χ2n) is 6.68. The summed E-state index contributed by atoms with van der Waals surface area (Å²) in [6.07, 6.45) is 1.85. The molecule has 0 fully saturated rings. The molecule has 0 atom stereocenters. The minimum atomic E-state index is -0.316. The van der Waals surface area contributed by atoms with E-state index in [1.165, 1.54) is 23.1 Å². The van der Waals surface area contributed by atoms with Gasteiger partial charge in [-0.05, 0) is 37.1 Å². The lowest BCUT2D eigenvalue weighted by molar-refractivity contribution is 0.0953. The molecule has 1 amide bonds. The highest BCUT2D eigenvalue weighted by molar-refractivity contribution is 7.21. The predicted octanol–water partition coefficient (Wildman–Crippen LogP) is 4.83. The number of carbonyl (C=O) groups is 1. The quantitative estimate of drug-likeness (QED) is 0.523. The molecule has 1 N–H and O–H groups in total. The highest BCUT2D eigenvalue weighted by Crippen LogP contribution is 2.33. The fourth-order valence-electron chi connectivity index (χ4n) is 3.20. The normalized spacial score (nSPS) is 11.0. The minimum Gasteiger partial charge on any atom is -0.380 e. The van der Waals surface area contributed by atoms with Gasteiger partial charge in [0.1, 0.15) is 5.82 Å². The van der Waals surface area contributed by atoms with Gasteiger partial charge in [-0.25, -0.2) is 4.39 Å². The Morgan fingerprint density at radius 3 is 2.68 bits per heavy atom. The average Bonchev–Trinajstić information content (AvgIpc) is 3.08. The van der Waals surface area contributed by atoms with Crippen LogP contribution in [0.1, 0.15) is 28.1 Å². The second kappa shape index (κ2) is 9.66. The number of anilines is 1. The Morgan fingerprint density at radius 2 is 1.93 bits per heavy atom. The number of methoxy groups -OCH3 is 1. The third-order valence-electron chi connectivity index (χ3n) is 4.66. The molecule has 0 saturated heterocycles. The molecule has 0 bridgehead atoms. The number of nitrogens with one attached hydrogen (secondary N) is 1. The fourth-order valence-corrected chi connectivity index (χ4v) is 4.34. The van der Waals surface area contributed by atoms with Crippen molar-refractivity contribution in [1.29, 1.82) is 0 Å². The first-order valence-corrected chi connectivity index (χ1v) is 10.2. The number of ether oxygens (including phenoxy) is 1. The molecule has 28 heavy (non-hydrogen) atoms. The molecule has 0 aliphatic carbocycles. The van der Waals surface area contributed by atoms with Crippen molar-refractivity contribution in [3.05, 3.63) is 64.8 Å². The van der Waals surface area contributed by atoms with E-state index in [-0.39, 0.29) is 18.3 Å².